The topological polar surface area (TPSA) is 149 Å². The van der Waals surface area contributed by atoms with Gasteiger partial charge in [0.05, 0.1) is 25.4 Å². The van der Waals surface area contributed by atoms with E-state index in [0.29, 0.717) is 12.8 Å². The summed E-state index contributed by atoms with van der Waals surface area (Å²) in [6, 6.07) is -0.735. The summed E-state index contributed by atoms with van der Waals surface area (Å²) >= 11 is 0. The summed E-state index contributed by atoms with van der Waals surface area (Å²) in [5.41, 5.74) is 0. The summed E-state index contributed by atoms with van der Waals surface area (Å²) in [5, 5.41) is 54.7. The fourth-order valence-corrected chi connectivity index (χ4v) is 9.18. The van der Waals surface area contributed by atoms with Crippen molar-refractivity contribution in [2.45, 2.75) is 294 Å². The molecule has 1 fully saturated rings. The molecule has 0 aliphatic carbocycles. The van der Waals surface area contributed by atoms with Crippen molar-refractivity contribution in [3.8, 4) is 0 Å². The van der Waals surface area contributed by atoms with Crippen LogP contribution in [-0.2, 0) is 14.3 Å². The molecule has 1 rings (SSSR count). The Morgan fingerprint density at radius 1 is 0.473 bits per heavy atom. The molecule has 0 aromatic heterocycles. The van der Waals surface area contributed by atoms with E-state index in [0.717, 1.165) is 116 Å². The SMILES string of the molecule is CC/C=C\C/C=C\C/C=C\C/C=C\C/C=C\C/C=C\C/C=C\C/C=C\CCCCCCCCC(=O)NC(COC1OC(CO)C(O)C(O)C1O)C(O)CCCCCCCCCCCCCCCCCCCCCC. The summed E-state index contributed by atoms with van der Waals surface area (Å²) in [5.74, 6) is -0.161. The molecule has 0 spiro atoms. The van der Waals surface area contributed by atoms with Gasteiger partial charge in [0, 0.05) is 6.42 Å². The van der Waals surface area contributed by atoms with Crippen LogP contribution in [0.3, 0.4) is 0 Å². The number of hydrogen-bond donors (Lipinski definition) is 6. The predicted octanol–water partition coefficient (Wildman–Crippen LogP) is 15.6. The molecule has 0 aromatic carbocycles. The van der Waals surface area contributed by atoms with Crippen LogP contribution < -0.4 is 5.32 Å². The van der Waals surface area contributed by atoms with Gasteiger partial charge in [-0.15, -0.1) is 0 Å². The van der Waals surface area contributed by atoms with Gasteiger partial charge in [0.15, 0.2) is 6.29 Å². The molecule has 74 heavy (non-hydrogen) atoms. The molecule has 0 radical (unpaired) electrons. The zero-order chi connectivity index (χ0) is 53.6. The highest BCUT2D eigenvalue weighted by atomic mass is 16.7. The lowest BCUT2D eigenvalue weighted by atomic mass is 9.99. The third-order valence-electron chi connectivity index (χ3n) is 14.0. The van der Waals surface area contributed by atoms with Crippen molar-refractivity contribution in [2.75, 3.05) is 13.2 Å². The highest BCUT2D eigenvalue weighted by Gasteiger charge is 2.44. The highest BCUT2D eigenvalue weighted by Crippen LogP contribution is 2.23. The van der Waals surface area contributed by atoms with Crippen LogP contribution in [0.2, 0.25) is 0 Å². The summed E-state index contributed by atoms with van der Waals surface area (Å²) in [6.07, 6.45) is 70.0. The number of rotatable bonds is 51. The molecule has 0 bridgehead atoms. The number of unbranched alkanes of at least 4 members (excludes halogenated alkanes) is 25. The largest absolute Gasteiger partial charge is 0.394 e. The zero-order valence-corrected chi connectivity index (χ0v) is 47.3. The fraction of sp³-hybridized carbons (Fsp3) is 0.738. The van der Waals surface area contributed by atoms with Crippen LogP contribution >= 0.6 is 0 Å². The molecule has 9 heteroatoms. The summed E-state index contributed by atoms with van der Waals surface area (Å²) in [7, 11) is 0. The molecule has 7 unspecified atom stereocenters. The van der Waals surface area contributed by atoms with Crippen molar-refractivity contribution in [2.24, 2.45) is 0 Å². The molecule has 9 nitrogen and oxygen atoms in total. The third kappa shape index (κ3) is 42.2. The van der Waals surface area contributed by atoms with Crippen molar-refractivity contribution < 1.29 is 39.8 Å². The molecule has 1 aliphatic rings. The Balaban J connectivity index is 2.22. The predicted molar refractivity (Wildman–Crippen MR) is 313 cm³/mol. The van der Waals surface area contributed by atoms with Gasteiger partial charge in [-0.25, -0.2) is 0 Å². The Morgan fingerprint density at radius 3 is 1.24 bits per heavy atom. The van der Waals surface area contributed by atoms with Crippen LogP contribution in [0.25, 0.3) is 0 Å². The minimum atomic E-state index is -1.56. The van der Waals surface area contributed by atoms with Crippen molar-refractivity contribution in [3.05, 3.63) is 97.2 Å². The number of carbonyl (C=O) groups excluding carboxylic acids is 1. The molecule has 0 aromatic rings. The van der Waals surface area contributed by atoms with E-state index < -0.39 is 49.5 Å². The van der Waals surface area contributed by atoms with E-state index in [1.165, 1.54) is 109 Å². The summed E-state index contributed by atoms with van der Waals surface area (Å²) in [6.45, 7) is 3.73. The van der Waals surface area contributed by atoms with Crippen LogP contribution in [0.5, 0.6) is 0 Å². The monoisotopic (exact) mass is 1040 g/mol. The molecule has 1 heterocycles. The van der Waals surface area contributed by atoms with E-state index in [9.17, 15) is 30.3 Å². The van der Waals surface area contributed by atoms with E-state index in [1.54, 1.807) is 0 Å². The molecule has 1 amide bonds. The van der Waals surface area contributed by atoms with Crippen LogP contribution in [0.4, 0.5) is 0 Å². The third-order valence-corrected chi connectivity index (χ3v) is 14.0. The average molecular weight is 1040 g/mol. The molecular formula is C65H113NO8. The molecule has 1 aliphatic heterocycles. The Kier molecular flexibility index (Phi) is 50.0. The lowest BCUT2D eigenvalue weighted by molar-refractivity contribution is -0.302. The summed E-state index contributed by atoms with van der Waals surface area (Å²) in [4.78, 5) is 13.1. The maximum absolute atomic E-state index is 13.1. The smallest absolute Gasteiger partial charge is 0.220 e. The minimum Gasteiger partial charge on any atom is -0.394 e. The number of hydrogen-bond acceptors (Lipinski definition) is 8. The first-order valence-corrected chi connectivity index (χ1v) is 30.4. The fourth-order valence-electron chi connectivity index (χ4n) is 9.18. The van der Waals surface area contributed by atoms with Gasteiger partial charge < -0.3 is 40.3 Å². The first-order valence-electron chi connectivity index (χ1n) is 30.4. The maximum Gasteiger partial charge on any atom is 0.220 e. The number of aliphatic hydroxyl groups excluding tert-OH is 5. The van der Waals surface area contributed by atoms with E-state index in [-0.39, 0.29) is 12.5 Å². The molecule has 426 valence electrons. The van der Waals surface area contributed by atoms with Gasteiger partial charge in [0.25, 0.3) is 0 Å². The van der Waals surface area contributed by atoms with Crippen molar-refractivity contribution in [1.29, 1.82) is 0 Å². The number of ether oxygens (including phenoxy) is 2. The van der Waals surface area contributed by atoms with Crippen LogP contribution in [0.1, 0.15) is 251 Å². The number of carbonyl (C=O) groups is 1. The second-order valence-electron chi connectivity index (χ2n) is 20.8. The van der Waals surface area contributed by atoms with Gasteiger partial charge in [-0.3, -0.25) is 4.79 Å². The quantitative estimate of drug-likeness (QED) is 0.0261. The lowest BCUT2D eigenvalue weighted by Crippen LogP contribution is -2.60. The minimum absolute atomic E-state index is 0.149. The standard InChI is InChI=1S/C65H113NO8/c1-3-5-7-9-11-13-15-17-19-21-23-25-26-27-28-29-30-31-32-33-34-35-37-39-41-43-45-47-49-51-53-55-61(69)66-58(57-73-65-64(72)63(71)62(70)60(56-67)74-65)59(68)54-52-50-48-46-44-42-40-38-36-24-22-20-18-16-14-12-10-8-6-4-2/h5,7,11,13,17,19,23,25,27-28,30-31,33-34,37,39,58-60,62-65,67-68,70-72H,3-4,6,8-10,12,14-16,18,20-22,24,26,29,32,35-36,38,40-57H2,1-2H3,(H,66,69)/b7-5-,13-11-,19-17-,25-23-,28-27-,31-30-,34-33-,39-37-. The van der Waals surface area contributed by atoms with Crippen LogP contribution in [-0.4, -0.2) is 87.5 Å². The van der Waals surface area contributed by atoms with Gasteiger partial charge in [-0.05, 0) is 77.0 Å². The van der Waals surface area contributed by atoms with Crippen molar-refractivity contribution in [1.82, 2.24) is 5.32 Å². The Bertz CT molecular complexity index is 1480. The number of allylic oxidation sites excluding steroid dienone is 16. The second-order valence-corrected chi connectivity index (χ2v) is 20.8. The molecule has 0 saturated carbocycles. The Morgan fingerprint density at radius 2 is 0.838 bits per heavy atom. The highest BCUT2D eigenvalue weighted by molar-refractivity contribution is 5.76. The Hall–Kier alpha value is -2.89. The van der Waals surface area contributed by atoms with E-state index in [2.05, 4.69) is 116 Å². The van der Waals surface area contributed by atoms with Gasteiger partial charge in [-0.1, -0.05) is 265 Å². The Labute approximate surface area is 453 Å². The first kappa shape index (κ1) is 69.1. The molecular weight excluding hydrogens is 923 g/mol. The molecule has 7 atom stereocenters. The zero-order valence-electron chi connectivity index (χ0n) is 47.3. The van der Waals surface area contributed by atoms with E-state index in [1.807, 2.05) is 0 Å². The lowest BCUT2D eigenvalue weighted by Gasteiger charge is -2.40. The number of amides is 1. The van der Waals surface area contributed by atoms with Gasteiger partial charge in [0.2, 0.25) is 5.91 Å². The van der Waals surface area contributed by atoms with Crippen LogP contribution in [0, 0.1) is 0 Å². The van der Waals surface area contributed by atoms with Gasteiger partial charge in [0.1, 0.15) is 24.4 Å². The number of aliphatic hydroxyl groups is 5. The first-order chi connectivity index (χ1) is 36.3. The second kappa shape index (κ2) is 53.5. The van der Waals surface area contributed by atoms with E-state index >= 15 is 0 Å². The van der Waals surface area contributed by atoms with Gasteiger partial charge in [-0.2, -0.15) is 0 Å². The average Bonchev–Trinajstić information content (AvgIpc) is 3.40. The van der Waals surface area contributed by atoms with Crippen molar-refractivity contribution >= 4 is 5.91 Å². The van der Waals surface area contributed by atoms with Crippen LogP contribution in [0.15, 0.2) is 97.2 Å². The summed E-state index contributed by atoms with van der Waals surface area (Å²) < 4.78 is 11.3. The molecule has 1 saturated heterocycles. The van der Waals surface area contributed by atoms with E-state index in [4.69, 9.17) is 9.47 Å². The van der Waals surface area contributed by atoms with Gasteiger partial charge >= 0.3 is 0 Å². The number of nitrogens with one attached hydrogen (secondary N) is 1. The van der Waals surface area contributed by atoms with Crippen molar-refractivity contribution in [3.63, 3.8) is 0 Å². The maximum atomic E-state index is 13.1. The molecule has 6 N–H and O–H groups in total. The normalized spacial score (nSPS) is 19.7.